The summed E-state index contributed by atoms with van der Waals surface area (Å²) < 4.78 is 10.4. The zero-order valence-corrected chi connectivity index (χ0v) is 15.8. The number of carbonyl (C=O) groups excluding carboxylic acids is 3. The smallest absolute Gasteiger partial charge is 0.413 e. The van der Waals surface area contributed by atoms with Gasteiger partial charge in [-0.2, -0.15) is 0 Å². The van der Waals surface area contributed by atoms with Crippen LogP contribution in [-0.4, -0.2) is 49.0 Å². The predicted molar refractivity (Wildman–Crippen MR) is 100 cm³/mol. The van der Waals surface area contributed by atoms with Crippen LogP contribution in [0.4, 0.5) is 4.79 Å². The van der Waals surface area contributed by atoms with Crippen molar-refractivity contribution in [1.29, 1.82) is 0 Å². The molecule has 1 aromatic heterocycles. The van der Waals surface area contributed by atoms with Gasteiger partial charge in [-0.25, -0.2) is 4.79 Å². The number of alkyl carbamates (subject to hydrolysis) is 1. The lowest BCUT2D eigenvalue weighted by molar-refractivity contribution is -0.125. The number of carbonyl (C=O) groups is 3. The maximum absolute atomic E-state index is 12.3. The van der Waals surface area contributed by atoms with Gasteiger partial charge in [-0.1, -0.05) is 25.1 Å². The molecule has 146 valence electrons. The van der Waals surface area contributed by atoms with E-state index in [0.717, 1.165) is 11.0 Å². The molecule has 0 saturated carbocycles. The van der Waals surface area contributed by atoms with Crippen LogP contribution in [0.15, 0.2) is 34.7 Å². The summed E-state index contributed by atoms with van der Waals surface area (Å²) in [5, 5.41) is 5.94. The van der Waals surface area contributed by atoms with Gasteiger partial charge in [0.05, 0.1) is 25.7 Å². The van der Waals surface area contributed by atoms with Crippen molar-refractivity contribution in [3.05, 3.63) is 36.1 Å². The molecule has 0 aliphatic carbocycles. The van der Waals surface area contributed by atoms with Gasteiger partial charge in [0, 0.05) is 5.39 Å². The number of furan rings is 1. The molecule has 0 aliphatic rings. The quantitative estimate of drug-likeness (QED) is 0.734. The van der Waals surface area contributed by atoms with Crippen molar-refractivity contribution in [2.24, 2.45) is 0 Å². The number of nitrogens with zero attached hydrogens (tertiary/aromatic N) is 1. The third-order valence-corrected chi connectivity index (χ3v) is 3.95. The average molecular weight is 375 g/mol. The summed E-state index contributed by atoms with van der Waals surface area (Å²) in [5.41, 5.74) is 0.763. The standard InChI is InChI=1S/C19H25N3O5/c1-4-22(12-18(24)21-19(25)26-5-2)11-17(23)20-13(3)16-10-14-8-6-7-9-15(14)27-16/h6-10,13H,4-5,11-12H2,1-3H3,(H,20,23)(H,21,24,25)/t13-/m1/s1. The summed E-state index contributed by atoms with van der Waals surface area (Å²) in [6.45, 7) is 5.91. The number of nitrogens with one attached hydrogen (secondary N) is 2. The van der Waals surface area contributed by atoms with Gasteiger partial charge in [0.2, 0.25) is 11.8 Å². The fourth-order valence-corrected chi connectivity index (χ4v) is 2.58. The number of imide groups is 1. The summed E-state index contributed by atoms with van der Waals surface area (Å²) in [6.07, 6.45) is -0.790. The summed E-state index contributed by atoms with van der Waals surface area (Å²) in [5.74, 6) is -0.102. The molecule has 8 heteroatoms. The second-order valence-electron chi connectivity index (χ2n) is 6.05. The number of fused-ring (bicyclic) bond motifs is 1. The van der Waals surface area contributed by atoms with E-state index in [1.807, 2.05) is 44.2 Å². The average Bonchev–Trinajstić information content (AvgIpc) is 3.05. The predicted octanol–water partition coefficient (Wildman–Crippen LogP) is 2.20. The fourth-order valence-electron chi connectivity index (χ4n) is 2.58. The first-order valence-corrected chi connectivity index (χ1v) is 8.89. The van der Waals surface area contributed by atoms with Gasteiger partial charge in [-0.15, -0.1) is 0 Å². The van der Waals surface area contributed by atoms with E-state index in [-0.39, 0.29) is 31.6 Å². The molecule has 0 aliphatic heterocycles. The lowest BCUT2D eigenvalue weighted by Gasteiger charge is -2.20. The van der Waals surface area contributed by atoms with E-state index in [1.165, 1.54) is 0 Å². The Kier molecular flexibility index (Phi) is 7.36. The minimum atomic E-state index is -0.790. The van der Waals surface area contributed by atoms with Crippen LogP contribution < -0.4 is 10.6 Å². The Morgan fingerprint density at radius 2 is 1.85 bits per heavy atom. The topological polar surface area (TPSA) is 101 Å². The molecule has 8 nitrogen and oxygen atoms in total. The van der Waals surface area contributed by atoms with Crippen molar-refractivity contribution in [3.63, 3.8) is 0 Å². The third-order valence-electron chi connectivity index (χ3n) is 3.95. The van der Waals surface area contributed by atoms with Crippen molar-refractivity contribution in [2.45, 2.75) is 26.8 Å². The molecule has 2 aromatic rings. The van der Waals surface area contributed by atoms with Crippen LogP contribution in [0, 0.1) is 0 Å². The zero-order chi connectivity index (χ0) is 19.8. The van der Waals surface area contributed by atoms with Crippen molar-refractivity contribution < 1.29 is 23.5 Å². The van der Waals surface area contributed by atoms with Crippen LogP contribution in [0.1, 0.15) is 32.6 Å². The fraction of sp³-hybridized carbons (Fsp3) is 0.421. The Balaban J connectivity index is 1.86. The molecule has 0 fully saturated rings. The molecular weight excluding hydrogens is 350 g/mol. The van der Waals surface area contributed by atoms with Gasteiger partial charge in [-0.05, 0) is 32.5 Å². The van der Waals surface area contributed by atoms with Gasteiger partial charge in [0.25, 0.3) is 0 Å². The van der Waals surface area contributed by atoms with Gasteiger partial charge in [-0.3, -0.25) is 19.8 Å². The summed E-state index contributed by atoms with van der Waals surface area (Å²) in [4.78, 5) is 37.0. The lowest BCUT2D eigenvalue weighted by atomic mass is 10.2. The number of rotatable bonds is 8. The first-order chi connectivity index (χ1) is 12.9. The second kappa shape index (κ2) is 9.72. The molecule has 1 aromatic carbocycles. The van der Waals surface area contributed by atoms with Crippen LogP contribution in [0.25, 0.3) is 11.0 Å². The van der Waals surface area contributed by atoms with Crippen LogP contribution in [0.2, 0.25) is 0 Å². The molecular formula is C19H25N3O5. The molecule has 0 bridgehead atoms. The molecule has 0 saturated heterocycles. The Morgan fingerprint density at radius 1 is 1.15 bits per heavy atom. The number of para-hydroxylation sites is 1. The molecule has 3 amide bonds. The molecule has 1 heterocycles. The maximum Gasteiger partial charge on any atom is 0.413 e. The Bertz CT molecular complexity index is 768. The highest BCUT2D eigenvalue weighted by molar-refractivity contribution is 5.93. The maximum atomic E-state index is 12.3. The largest absolute Gasteiger partial charge is 0.459 e. The number of ether oxygens (including phenoxy) is 1. The summed E-state index contributed by atoms with van der Waals surface area (Å²) in [6, 6.07) is 9.21. The highest BCUT2D eigenvalue weighted by Gasteiger charge is 2.18. The van der Waals surface area contributed by atoms with Crippen LogP contribution in [-0.2, 0) is 14.3 Å². The normalized spacial score (nSPS) is 12.0. The Morgan fingerprint density at radius 3 is 2.52 bits per heavy atom. The van der Waals surface area contributed by atoms with E-state index in [1.54, 1.807) is 11.8 Å². The van der Waals surface area contributed by atoms with Gasteiger partial charge >= 0.3 is 6.09 Å². The van der Waals surface area contributed by atoms with E-state index in [0.29, 0.717) is 12.3 Å². The highest BCUT2D eigenvalue weighted by atomic mass is 16.5. The molecule has 0 spiro atoms. The van der Waals surface area contributed by atoms with Crippen molar-refractivity contribution in [1.82, 2.24) is 15.5 Å². The summed E-state index contributed by atoms with van der Waals surface area (Å²) >= 11 is 0. The van der Waals surface area contributed by atoms with Gasteiger partial charge in [0.1, 0.15) is 11.3 Å². The van der Waals surface area contributed by atoms with Crippen molar-refractivity contribution in [2.75, 3.05) is 26.2 Å². The lowest BCUT2D eigenvalue weighted by Crippen LogP contribution is -2.44. The monoisotopic (exact) mass is 375 g/mol. The SMILES string of the molecule is CCOC(=O)NC(=O)CN(CC)CC(=O)N[C@H](C)c1cc2ccccc2o1. The van der Waals surface area contributed by atoms with Crippen LogP contribution in [0.5, 0.6) is 0 Å². The molecule has 0 radical (unpaired) electrons. The first-order valence-electron chi connectivity index (χ1n) is 8.89. The first kappa shape index (κ1) is 20.4. The van der Waals surface area contributed by atoms with Gasteiger partial charge < -0.3 is 14.5 Å². The number of hydrogen-bond acceptors (Lipinski definition) is 6. The minimum absolute atomic E-state index is 0.0251. The summed E-state index contributed by atoms with van der Waals surface area (Å²) in [7, 11) is 0. The van der Waals surface area contributed by atoms with E-state index >= 15 is 0 Å². The zero-order valence-electron chi connectivity index (χ0n) is 15.8. The minimum Gasteiger partial charge on any atom is -0.459 e. The van der Waals surface area contributed by atoms with Crippen LogP contribution in [0.3, 0.4) is 0 Å². The third kappa shape index (κ3) is 6.10. The molecule has 1 atom stereocenters. The van der Waals surface area contributed by atoms with E-state index < -0.39 is 12.0 Å². The Labute approximate surface area is 157 Å². The molecule has 27 heavy (non-hydrogen) atoms. The number of likely N-dealkylation sites (N-methyl/N-ethyl adjacent to an activating group) is 1. The van der Waals surface area contributed by atoms with Gasteiger partial charge in [0.15, 0.2) is 0 Å². The Hall–Kier alpha value is -2.87. The highest BCUT2D eigenvalue weighted by Crippen LogP contribution is 2.23. The number of benzene rings is 1. The number of hydrogen-bond donors (Lipinski definition) is 2. The van der Waals surface area contributed by atoms with E-state index in [2.05, 4.69) is 15.4 Å². The molecule has 2 N–H and O–H groups in total. The number of amides is 3. The van der Waals surface area contributed by atoms with E-state index in [9.17, 15) is 14.4 Å². The molecule has 2 rings (SSSR count). The van der Waals surface area contributed by atoms with E-state index in [4.69, 9.17) is 4.42 Å². The van der Waals surface area contributed by atoms with Crippen molar-refractivity contribution >= 4 is 28.9 Å². The van der Waals surface area contributed by atoms with Crippen molar-refractivity contribution in [3.8, 4) is 0 Å². The van der Waals surface area contributed by atoms with Crippen LogP contribution >= 0.6 is 0 Å². The molecule has 0 unspecified atom stereocenters. The second-order valence-corrected chi connectivity index (χ2v) is 6.05.